The molecule has 7 nitrogen and oxygen atoms in total. The van der Waals surface area contributed by atoms with E-state index in [0.717, 1.165) is 0 Å². The van der Waals surface area contributed by atoms with Crippen molar-refractivity contribution in [2.24, 2.45) is 5.73 Å². The van der Waals surface area contributed by atoms with Gasteiger partial charge in [-0.1, -0.05) is 0 Å². The van der Waals surface area contributed by atoms with Crippen molar-refractivity contribution in [1.82, 2.24) is 10.6 Å². The summed E-state index contributed by atoms with van der Waals surface area (Å²) in [5.74, 6) is -0.873. The van der Waals surface area contributed by atoms with Gasteiger partial charge in [0.05, 0.1) is 7.11 Å². The van der Waals surface area contributed by atoms with Gasteiger partial charge in [-0.2, -0.15) is 0 Å². The summed E-state index contributed by atoms with van der Waals surface area (Å²) in [7, 11) is 1.27. The van der Waals surface area contributed by atoms with Gasteiger partial charge in [0.25, 0.3) is 0 Å². The first kappa shape index (κ1) is 17.9. The molecule has 1 amide bonds. The van der Waals surface area contributed by atoms with Crippen LogP contribution in [0.1, 0.15) is 19.8 Å². The number of halogens is 1. The van der Waals surface area contributed by atoms with Gasteiger partial charge in [-0.3, -0.25) is 10.2 Å². The lowest BCUT2D eigenvalue weighted by Gasteiger charge is -2.15. The molecule has 0 aliphatic carbocycles. The van der Waals surface area contributed by atoms with E-state index in [2.05, 4.69) is 15.4 Å². The van der Waals surface area contributed by atoms with Crippen LogP contribution in [-0.2, 0) is 14.3 Å². The van der Waals surface area contributed by atoms with E-state index in [1.165, 1.54) is 14.0 Å². The molecule has 0 saturated carbocycles. The number of guanidine groups is 1. The Labute approximate surface area is 106 Å². The molecule has 0 rings (SSSR count). The van der Waals surface area contributed by atoms with Crippen molar-refractivity contribution in [3.63, 3.8) is 0 Å². The quantitative estimate of drug-likeness (QED) is 0.221. The molecule has 0 fully saturated rings. The van der Waals surface area contributed by atoms with Crippen LogP contribution in [0.15, 0.2) is 0 Å². The Morgan fingerprint density at radius 2 is 2.06 bits per heavy atom. The van der Waals surface area contributed by atoms with Crippen LogP contribution >= 0.6 is 12.4 Å². The number of hydrogen-bond acceptors (Lipinski definition) is 4. The van der Waals surface area contributed by atoms with Gasteiger partial charge in [0, 0.05) is 13.5 Å². The van der Waals surface area contributed by atoms with Crippen LogP contribution in [0.3, 0.4) is 0 Å². The van der Waals surface area contributed by atoms with Crippen molar-refractivity contribution in [1.29, 1.82) is 5.41 Å². The second-order valence-electron chi connectivity index (χ2n) is 3.26. The number of methoxy groups -OCH3 is 1. The minimum Gasteiger partial charge on any atom is -0.467 e. The topological polar surface area (TPSA) is 117 Å². The number of rotatable bonds is 6. The molecule has 0 spiro atoms. The maximum atomic E-state index is 11.3. The number of esters is 1. The highest BCUT2D eigenvalue weighted by atomic mass is 35.5. The highest BCUT2D eigenvalue weighted by Crippen LogP contribution is 1.99. The molecule has 0 aliphatic heterocycles. The molecule has 0 unspecified atom stereocenters. The van der Waals surface area contributed by atoms with Crippen LogP contribution in [0, 0.1) is 5.41 Å². The van der Waals surface area contributed by atoms with Gasteiger partial charge in [-0.15, -0.1) is 12.4 Å². The maximum Gasteiger partial charge on any atom is 0.328 e. The fourth-order valence-corrected chi connectivity index (χ4v) is 1.17. The van der Waals surface area contributed by atoms with E-state index in [1.54, 1.807) is 0 Å². The van der Waals surface area contributed by atoms with Crippen LogP contribution in [0.5, 0.6) is 0 Å². The minimum atomic E-state index is -0.642. The first-order valence-corrected chi connectivity index (χ1v) is 4.90. The maximum absolute atomic E-state index is 11.3. The average Bonchev–Trinajstić information content (AvgIpc) is 2.20. The number of hydrogen-bond donors (Lipinski definition) is 4. The summed E-state index contributed by atoms with van der Waals surface area (Å²) >= 11 is 0. The van der Waals surface area contributed by atoms with Gasteiger partial charge in [-0.25, -0.2) is 4.79 Å². The molecule has 0 heterocycles. The molecule has 17 heavy (non-hydrogen) atoms. The molecule has 100 valence electrons. The van der Waals surface area contributed by atoms with E-state index < -0.39 is 12.0 Å². The number of nitrogens with two attached hydrogens (primary N) is 1. The Balaban J connectivity index is 0. The van der Waals surface area contributed by atoms with Crippen LogP contribution in [0.25, 0.3) is 0 Å². The molecule has 0 aliphatic rings. The number of carbonyl (C=O) groups excluding carboxylic acids is 2. The van der Waals surface area contributed by atoms with Crippen LogP contribution in [0.4, 0.5) is 0 Å². The zero-order valence-corrected chi connectivity index (χ0v) is 10.7. The molecular weight excluding hydrogens is 248 g/mol. The van der Waals surface area contributed by atoms with Gasteiger partial charge < -0.3 is 21.1 Å². The number of ether oxygens (including phenoxy) is 1. The Bertz CT molecular complexity index is 273. The van der Waals surface area contributed by atoms with Gasteiger partial charge >= 0.3 is 5.97 Å². The largest absolute Gasteiger partial charge is 0.467 e. The lowest BCUT2D eigenvalue weighted by Crippen LogP contribution is -2.41. The SMILES string of the molecule is COC(=O)[C@H](CCCNC(=N)N)NC(C)=O.Cl. The average molecular weight is 267 g/mol. The van der Waals surface area contributed by atoms with Crippen molar-refractivity contribution in [2.75, 3.05) is 13.7 Å². The molecular formula is C9H19ClN4O3. The summed E-state index contributed by atoms with van der Waals surface area (Å²) in [5.41, 5.74) is 5.09. The van der Waals surface area contributed by atoms with Crippen molar-refractivity contribution in [3.05, 3.63) is 0 Å². The standard InChI is InChI=1S/C9H18N4O3.ClH/c1-6(14)13-7(8(15)16-2)4-3-5-12-9(10)11;/h7H,3-5H2,1-2H3,(H,13,14)(H4,10,11,12);1H/t7-;/m0./s1. The highest BCUT2D eigenvalue weighted by Gasteiger charge is 2.19. The van der Waals surface area contributed by atoms with Crippen molar-refractivity contribution in [2.45, 2.75) is 25.8 Å². The predicted octanol–water partition coefficient (Wildman–Crippen LogP) is -0.651. The van der Waals surface area contributed by atoms with Gasteiger partial charge in [0.15, 0.2) is 5.96 Å². The first-order chi connectivity index (χ1) is 7.47. The molecule has 0 radical (unpaired) electrons. The zero-order chi connectivity index (χ0) is 12.6. The molecule has 1 atom stereocenters. The van der Waals surface area contributed by atoms with Gasteiger partial charge in [-0.05, 0) is 12.8 Å². The molecule has 0 aromatic heterocycles. The lowest BCUT2D eigenvalue weighted by atomic mass is 10.1. The van der Waals surface area contributed by atoms with E-state index in [4.69, 9.17) is 11.1 Å². The summed E-state index contributed by atoms with van der Waals surface area (Å²) in [6.45, 7) is 1.81. The monoisotopic (exact) mass is 266 g/mol. The third kappa shape index (κ3) is 9.43. The Morgan fingerprint density at radius 1 is 1.47 bits per heavy atom. The van der Waals surface area contributed by atoms with E-state index in [1.807, 2.05) is 0 Å². The Morgan fingerprint density at radius 3 is 2.47 bits per heavy atom. The number of amides is 1. The third-order valence-corrected chi connectivity index (χ3v) is 1.85. The Kier molecular flexibility index (Phi) is 10.2. The summed E-state index contributed by atoms with van der Waals surface area (Å²) < 4.78 is 4.55. The molecule has 0 aromatic rings. The Hall–Kier alpha value is -1.50. The van der Waals surface area contributed by atoms with Crippen LogP contribution in [0.2, 0.25) is 0 Å². The van der Waals surface area contributed by atoms with Gasteiger partial charge in [0.2, 0.25) is 5.91 Å². The molecule has 0 bridgehead atoms. The zero-order valence-electron chi connectivity index (χ0n) is 9.91. The summed E-state index contributed by atoms with van der Waals surface area (Å²) in [4.78, 5) is 22.1. The second-order valence-corrected chi connectivity index (χ2v) is 3.26. The van der Waals surface area contributed by atoms with Crippen LogP contribution < -0.4 is 16.4 Å². The van der Waals surface area contributed by atoms with Crippen LogP contribution in [-0.4, -0.2) is 37.5 Å². The van der Waals surface area contributed by atoms with Gasteiger partial charge in [0.1, 0.15) is 6.04 Å². The highest BCUT2D eigenvalue weighted by molar-refractivity contribution is 5.85. The van der Waals surface area contributed by atoms with E-state index in [0.29, 0.717) is 19.4 Å². The smallest absolute Gasteiger partial charge is 0.328 e. The predicted molar refractivity (Wildman–Crippen MR) is 66.0 cm³/mol. The fourth-order valence-electron chi connectivity index (χ4n) is 1.17. The molecule has 8 heteroatoms. The number of nitrogens with one attached hydrogen (secondary N) is 3. The third-order valence-electron chi connectivity index (χ3n) is 1.85. The molecule has 0 aromatic carbocycles. The normalized spacial score (nSPS) is 10.7. The van der Waals surface area contributed by atoms with Crippen molar-refractivity contribution >= 4 is 30.2 Å². The second kappa shape index (κ2) is 9.71. The molecule has 0 saturated heterocycles. The van der Waals surface area contributed by atoms with E-state index >= 15 is 0 Å². The summed E-state index contributed by atoms with van der Waals surface area (Å²) in [5, 5.41) is 12.0. The van der Waals surface area contributed by atoms with Crippen molar-refractivity contribution in [3.8, 4) is 0 Å². The lowest BCUT2D eigenvalue weighted by molar-refractivity contribution is -0.145. The van der Waals surface area contributed by atoms with Crippen molar-refractivity contribution < 1.29 is 14.3 Å². The first-order valence-electron chi connectivity index (χ1n) is 4.90. The molecule has 5 N–H and O–H groups in total. The summed E-state index contributed by atoms with van der Waals surface area (Å²) in [6, 6.07) is -0.642. The minimum absolute atomic E-state index is 0. The van der Waals surface area contributed by atoms with E-state index in [-0.39, 0.29) is 24.3 Å². The van der Waals surface area contributed by atoms with E-state index in [9.17, 15) is 9.59 Å². The number of carbonyl (C=O) groups is 2. The fraction of sp³-hybridized carbons (Fsp3) is 0.667. The summed E-state index contributed by atoms with van der Waals surface area (Å²) in [6.07, 6.45) is 1.03.